The van der Waals surface area contributed by atoms with Gasteiger partial charge in [0.2, 0.25) is 5.91 Å². The predicted octanol–water partition coefficient (Wildman–Crippen LogP) is 3.35. The second kappa shape index (κ2) is 6.91. The maximum atomic E-state index is 13.0. The molecule has 4 nitrogen and oxygen atoms in total. The summed E-state index contributed by atoms with van der Waals surface area (Å²) in [6, 6.07) is 7.48. The van der Waals surface area contributed by atoms with Crippen LogP contribution in [-0.2, 0) is 4.79 Å². The number of rotatable bonds is 1. The van der Waals surface area contributed by atoms with Crippen LogP contribution in [-0.4, -0.2) is 46.8 Å². The highest BCUT2D eigenvalue weighted by Gasteiger charge is 2.39. The SMILES string of the molecule is CC(=O)N1CCCC[C@@H]2[C@H]1CCCN2C(=O)c1ccccc1Cl. The molecule has 2 heterocycles. The third-order valence-electron chi connectivity index (χ3n) is 5.06. The average molecular weight is 335 g/mol. The van der Waals surface area contributed by atoms with Crippen molar-refractivity contribution in [3.63, 3.8) is 0 Å². The summed E-state index contributed by atoms with van der Waals surface area (Å²) in [5.74, 6) is 0.115. The van der Waals surface area contributed by atoms with E-state index < -0.39 is 0 Å². The van der Waals surface area contributed by atoms with Crippen LogP contribution in [0.1, 0.15) is 49.4 Å². The number of halogens is 1. The van der Waals surface area contributed by atoms with E-state index in [0.29, 0.717) is 10.6 Å². The summed E-state index contributed by atoms with van der Waals surface area (Å²) in [7, 11) is 0. The summed E-state index contributed by atoms with van der Waals surface area (Å²) in [5.41, 5.74) is 0.563. The molecule has 1 aromatic carbocycles. The summed E-state index contributed by atoms with van der Waals surface area (Å²) >= 11 is 6.21. The smallest absolute Gasteiger partial charge is 0.255 e. The van der Waals surface area contributed by atoms with E-state index in [-0.39, 0.29) is 23.9 Å². The quantitative estimate of drug-likeness (QED) is 0.790. The minimum absolute atomic E-state index is 0.00398. The summed E-state index contributed by atoms with van der Waals surface area (Å²) in [6.07, 6.45) is 4.94. The normalized spacial score (nSPS) is 24.8. The molecule has 2 saturated heterocycles. The van der Waals surface area contributed by atoms with E-state index in [1.807, 2.05) is 21.9 Å². The van der Waals surface area contributed by atoms with Gasteiger partial charge in [-0.2, -0.15) is 0 Å². The first-order valence-corrected chi connectivity index (χ1v) is 8.80. The van der Waals surface area contributed by atoms with Gasteiger partial charge in [-0.05, 0) is 44.2 Å². The van der Waals surface area contributed by atoms with Gasteiger partial charge >= 0.3 is 0 Å². The Morgan fingerprint density at radius 3 is 2.39 bits per heavy atom. The van der Waals surface area contributed by atoms with Gasteiger partial charge in [-0.3, -0.25) is 9.59 Å². The number of carbonyl (C=O) groups is 2. The van der Waals surface area contributed by atoms with Gasteiger partial charge in [0.25, 0.3) is 5.91 Å². The van der Waals surface area contributed by atoms with Crippen LogP contribution in [0.5, 0.6) is 0 Å². The Hall–Kier alpha value is -1.55. The molecule has 0 aliphatic carbocycles. The van der Waals surface area contributed by atoms with E-state index in [1.54, 1.807) is 19.1 Å². The van der Waals surface area contributed by atoms with Gasteiger partial charge in [0.1, 0.15) is 0 Å². The molecule has 5 heteroatoms. The fraction of sp³-hybridized carbons (Fsp3) is 0.556. The largest absolute Gasteiger partial charge is 0.338 e. The summed E-state index contributed by atoms with van der Waals surface area (Å²) in [5, 5.41) is 0.497. The molecule has 1 aromatic rings. The average Bonchev–Trinajstić information content (AvgIpc) is 2.77. The van der Waals surface area contributed by atoms with Gasteiger partial charge in [-0.25, -0.2) is 0 Å². The molecule has 2 atom stereocenters. The third-order valence-corrected chi connectivity index (χ3v) is 5.39. The van der Waals surface area contributed by atoms with E-state index in [9.17, 15) is 9.59 Å². The molecule has 0 bridgehead atoms. The molecule has 0 saturated carbocycles. The molecule has 2 aliphatic heterocycles. The minimum Gasteiger partial charge on any atom is -0.338 e. The van der Waals surface area contributed by atoms with Crippen LogP contribution in [0.4, 0.5) is 0 Å². The second-order valence-electron chi connectivity index (χ2n) is 6.46. The number of likely N-dealkylation sites (tertiary alicyclic amines) is 2. The minimum atomic E-state index is -0.00398. The summed E-state index contributed by atoms with van der Waals surface area (Å²) in [6.45, 7) is 3.19. The molecule has 2 fully saturated rings. The molecular formula is C18H23ClN2O2. The lowest BCUT2D eigenvalue weighted by atomic mass is 9.91. The van der Waals surface area contributed by atoms with Crippen LogP contribution in [0.2, 0.25) is 5.02 Å². The number of fused-ring (bicyclic) bond motifs is 1. The molecule has 124 valence electrons. The molecule has 0 spiro atoms. The number of hydrogen-bond donors (Lipinski definition) is 0. The van der Waals surface area contributed by atoms with E-state index in [0.717, 1.165) is 45.2 Å². The lowest BCUT2D eigenvalue weighted by Crippen LogP contribution is -2.57. The second-order valence-corrected chi connectivity index (χ2v) is 6.87. The Morgan fingerprint density at radius 2 is 1.65 bits per heavy atom. The number of amides is 2. The van der Waals surface area contributed by atoms with Crippen LogP contribution in [0.15, 0.2) is 24.3 Å². The van der Waals surface area contributed by atoms with Gasteiger partial charge in [0, 0.05) is 20.0 Å². The molecular weight excluding hydrogens is 312 g/mol. The van der Waals surface area contributed by atoms with Crippen LogP contribution in [0.3, 0.4) is 0 Å². The lowest BCUT2D eigenvalue weighted by molar-refractivity contribution is -0.133. The van der Waals surface area contributed by atoms with E-state index in [2.05, 4.69) is 0 Å². The Morgan fingerprint density at radius 1 is 1.00 bits per heavy atom. The van der Waals surface area contributed by atoms with Crippen molar-refractivity contribution in [1.29, 1.82) is 0 Å². The Labute approximate surface area is 142 Å². The molecule has 2 amide bonds. The van der Waals surface area contributed by atoms with Gasteiger partial charge < -0.3 is 9.80 Å². The van der Waals surface area contributed by atoms with Crippen LogP contribution in [0, 0.1) is 0 Å². The van der Waals surface area contributed by atoms with E-state index >= 15 is 0 Å². The monoisotopic (exact) mass is 334 g/mol. The number of carbonyl (C=O) groups excluding carboxylic acids is 2. The molecule has 0 aromatic heterocycles. The van der Waals surface area contributed by atoms with Crippen molar-refractivity contribution in [1.82, 2.24) is 9.80 Å². The number of benzene rings is 1. The number of piperidine rings is 1. The zero-order valence-corrected chi connectivity index (χ0v) is 14.3. The maximum absolute atomic E-state index is 13.0. The summed E-state index contributed by atoms with van der Waals surface area (Å²) in [4.78, 5) is 28.9. The van der Waals surface area contributed by atoms with Crippen molar-refractivity contribution < 1.29 is 9.59 Å². The van der Waals surface area contributed by atoms with Crippen molar-refractivity contribution >= 4 is 23.4 Å². The van der Waals surface area contributed by atoms with Crippen molar-refractivity contribution in [2.45, 2.75) is 51.1 Å². The summed E-state index contributed by atoms with van der Waals surface area (Å²) < 4.78 is 0. The van der Waals surface area contributed by atoms with E-state index in [4.69, 9.17) is 11.6 Å². The molecule has 0 N–H and O–H groups in total. The lowest BCUT2D eigenvalue weighted by Gasteiger charge is -2.44. The molecule has 2 aliphatic rings. The first-order chi connectivity index (χ1) is 11.1. The Kier molecular flexibility index (Phi) is 4.90. The first-order valence-electron chi connectivity index (χ1n) is 8.42. The molecule has 0 radical (unpaired) electrons. The van der Waals surface area contributed by atoms with Crippen molar-refractivity contribution in [3.05, 3.63) is 34.9 Å². The fourth-order valence-corrected chi connectivity index (χ4v) is 4.20. The molecule has 23 heavy (non-hydrogen) atoms. The highest BCUT2D eigenvalue weighted by atomic mass is 35.5. The zero-order chi connectivity index (χ0) is 16.4. The van der Waals surface area contributed by atoms with Crippen LogP contribution >= 0.6 is 11.6 Å². The number of hydrogen-bond acceptors (Lipinski definition) is 2. The standard InChI is InChI=1S/C18H23ClN2O2/c1-13(22)20-11-5-4-9-17-16(20)10-6-12-21(17)18(23)14-7-2-3-8-15(14)19/h2-3,7-8,16-17H,4-6,9-12H2,1H3/t16-,17-/m1/s1. The van der Waals surface area contributed by atoms with Crippen molar-refractivity contribution in [3.8, 4) is 0 Å². The topological polar surface area (TPSA) is 40.6 Å². The maximum Gasteiger partial charge on any atom is 0.255 e. The Balaban J connectivity index is 1.89. The number of nitrogens with zero attached hydrogens (tertiary/aromatic N) is 2. The predicted molar refractivity (Wildman–Crippen MR) is 90.5 cm³/mol. The highest BCUT2D eigenvalue weighted by molar-refractivity contribution is 6.33. The van der Waals surface area contributed by atoms with Gasteiger partial charge in [-0.1, -0.05) is 23.7 Å². The fourth-order valence-electron chi connectivity index (χ4n) is 3.98. The zero-order valence-electron chi connectivity index (χ0n) is 13.5. The van der Waals surface area contributed by atoms with Crippen LogP contribution in [0.25, 0.3) is 0 Å². The van der Waals surface area contributed by atoms with Crippen molar-refractivity contribution in [2.75, 3.05) is 13.1 Å². The third kappa shape index (κ3) is 3.23. The Bertz CT molecular complexity index is 604. The van der Waals surface area contributed by atoms with Crippen molar-refractivity contribution in [2.24, 2.45) is 0 Å². The van der Waals surface area contributed by atoms with Gasteiger partial charge in [-0.15, -0.1) is 0 Å². The van der Waals surface area contributed by atoms with Crippen LogP contribution < -0.4 is 0 Å². The molecule has 0 unspecified atom stereocenters. The van der Waals surface area contributed by atoms with E-state index in [1.165, 1.54) is 0 Å². The van der Waals surface area contributed by atoms with Gasteiger partial charge in [0.05, 0.1) is 22.7 Å². The first kappa shape index (κ1) is 16.3. The van der Waals surface area contributed by atoms with Gasteiger partial charge in [0.15, 0.2) is 0 Å². The molecule has 3 rings (SSSR count). The highest BCUT2D eigenvalue weighted by Crippen LogP contribution is 2.31.